The molecule has 1 aromatic heterocycles. The Hall–Kier alpha value is -1.38. The van der Waals surface area contributed by atoms with Crippen molar-refractivity contribution in [3.8, 4) is 0 Å². The number of carbonyl (C=O) groups excluding carboxylic acids is 1. The number of carbonyl (C=O) groups is 1. The Balaban J connectivity index is 2.88. The van der Waals surface area contributed by atoms with Crippen molar-refractivity contribution < 1.29 is 9.53 Å². The van der Waals surface area contributed by atoms with Gasteiger partial charge in [0.05, 0.1) is 12.2 Å². The van der Waals surface area contributed by atoms with Crippen molar-refractivity contribution in [2.24, 2.45) is 0 Å². The molecule has 0 saturated carbocycles. The van der Waals surface area contributed by atoms with Gasteiger partial charge < -0.3 is 4.74 Å². The Labute approximate surface area is 84.1 Å². The summed E-state index contributed by atoms with van der Waals surface area (Å²) in [5, 5.41) is 0. The first-order chi connectivity index (χ1) is 6.79. The second-order valence-corrected chi connectivity index (χ2v) is 3.00. The van der Waals surface area contributed by atoms with E-state index in [1.54, 1.807) is 19.3 Å². The lowest BCUT2D eigenvalue weighted by atomic mass is 10.1. The van der Waals surface area contributed by atoms with Gasteiger partial charge in [-0.3, -0.25) is 4.98 Å². The first-order valence-electron chi connectivity index (χ1n) is 4.89. The predicted octanol–water partition coefficient (Wildman–Crippen LogP) is 2.21. The van der Waals surface area contributed by atoms with Gasteiger partial charge in [-0.25, -0.2) is 4.79 Å². The van der Waals surface area contributed by atoms with E-state index in [9.17, 15) is 4.79 Å². The van der Waals surface area contributed by atoms with E-state index in [-0.39, 0.29) is 5.97 Å². The molecule has 0 fully saturated rings. The first-order valence-corrected chi connectivity index (χ1v) is 4.89. The summed E-state index contributed by atoms with van der Waals surface area (Å²) in [6.45, 7) is 4.28. The molecule has 14 heavy (non-hydrogen) atoms. The molecule has 0 aliphatic carbocycles. The third-order valence-electron chi connectivity index (χ3n) is 1.93. The molecule has 76 valence electrons. The van der Waals surface area contributed by atoms with E-state index in [4.69, 9.17) is 4.74 Å². The van der Waals surface area contributed by atoms with Crippen LogP contribution in [0.25, 0.3) is 0 Å². The predicted molar refractivity (Wildman–Crippen MR) is 54.2 cm³/mol. The summed E-state index contributed by atoms with van der Waals surface area (Å²) in [4.78, 5) is 15.4. The maximum Gasteiger partial charge on any atom is 0.339 e. The monoisotopic (exact) mass is 193 g/mol. The van der Waals surface area contributed by atoms with Crippen LogP contribution in [0, 0.1) is 0 Å². The Morgan fingerprint density at radius 1 is 1.50 bits per heavy atom. The molecule has 0 radical (unpaired) electrons. The number of hydrogen-bond acceptors (Lipinski definition) is 3. The molecular weight excluding hydrogens is 178 g/mol. The van der Waals surface area contributed by atoms with Crippen molar-refractivity contribution in [1.29, 1.82) is 0 Å². The fourth-order valence-corrected chi connectivity index (χ4v) is 1.30. The minimum Gasteiger partial charge on any atom is -0.462 e. The van der Waals surface area contributed by atoms with Crippen molar-refractivity contribution in [2.45, 2.75) is 26.7 Å². The van der Waals surface area contributed by atoms with Crippen molar-refractivity contribution in [3.05, 3.63) is 29.6 Å². The number of ether oxygens (including phenoxy) is 1. The molecule has 0 bridgehead atoms. The quantitative estimate of drug-likeness (QED) is 0.688. The highest BCUT2D eigenvalue weighted by molar-refractivity contribution is 5.90. The van der Waals surface area contributed by atoms with Gasteiger partial charge in [-0.1, -0.05) is 13.3 Å². The molecule has 1 heterocycles. The lowest BCUT2D eigenvalue weighted by Gasteiger charge is -2.06. The highest BCUT2D eigenvalue weighted by atomic mass is 16.5. The second-order valence-electron chi connectivity index (χ2n) is 3.00. The standard InChI is InChI=1S/C11H15NO2/c1-3-5-9-6-7-12-8-10(9)11(13)14-4-2/h6-8H,3-5H2,1-2H3. The summed E-state index contributed by atoms with van der Waals surface area (Å²) < 4.78 is 4.94. The average molecular weight is 193 g/mol. The van der Waals surface area contributed by atoms with Gasteiger partial charge in [-0.2, -0.15) is 0 Å². The molecule has 0 aliphatic rings. The fraction of sp³-hybridized carbons (Fsp3) is 0.455. The molecule has 0 saturated heterocycles. The number of aryl methyl sites for hydroxylation is 1. The smallest absolute Gasteiger partial charge is 0.339 e. The van der Waals surface area contributed by atoms with Crippen LogP contribution in [0.4, 0.5) is 0 Å². The Morgan fingerprint density at radius 2 is 2.29 bits per heavy atom. The van der Waals surface area contributed by atoms with Crippen molar-refractivity contribution in [1.82, 2.24) is 4.98 Å². The molecule has 0 aliphatic heterocycles. The zero-order valence-corrected chi connectivity index (χ0v) is 8.62. The molecule has 3 heteroatoms. The topological polar surface area (TPSA) is 39.2 Å². The number of rotatable bonds is 4. The Bertz CT molecular complexity index is 310. The number of hydrogen-bond donors (Lipinski definition) is 0. The molecule has 0 aromatic carbocycles. The van der Waals surface area contributed by atoms with E-state index >= 15 is 0 Å². The highest BCUT2D eigenvalue weighted by Crippen LogP contribution is 2.10. The minimum absolute atomic E-state index is 0.274. The minimum atomic E-state index is -0.274. The van der Waals surface area contributed by atoms with Gasteiger partial charge in [0.15, 0.2) is 0 Å². The molecule has 0 N–H and O–H groups in total. The maximum absolute atomic E-state index is 11.5. The summed E-state index contributed by atoms with van der Waals surface area (Å²) in [6.07, 6.45) is 5.17. The van der Waals surface area contributed by atoms with E-state index in [1.807, 2.05) is 6.07 Å². The van der Waals surface area contributed by atoms with E-state index in [0.717, 1.165) is 18.4 Å². The fourth-order valence-electron chi connectivity index (χ4n) is 1.30. The summed E-state index contributed by atoms with van der Waals surface area (Å²) in [7, 11) is 0. The van der Waals surface area contributed by atoms with E-state index in [0.29, 0.717) is 12.2 Å². The van der Waals surface area contributed by atoms with Crippen LogP contribution in [0.2, 0.25) is 0 Å². The highest BCUT2D eigenvalue weighted by Gasteiger charge is 2.11. The van der Waals surface area contributed by atoms with Gasteiger partial charge in [0.2, 0.25) is 0 Å². The van der Waals surface area contributed by atoms with Crippen molar-refractivity contribution in [3.63, 3.8) is 0 Å². The number of nitrogens with zero attached hydrogens (tertiary/aromatic N) is 1. The maximum atomic E-state index is 11.5. The molecule has 0 spiro atoms. The molecule has 1 rings (SSSR count). The third kappa shape index (κ3) is 2.55. The molecule has 0 unspecified atom stereocenters. The van der Waals surface area contributed by atoms with E-state index in [1.165, 1.54) is 0 Å². The SMILES string of the molecule is CCCc1ccncc1C(=O)OCC. The number of esters is 1. The molecular formula is C11H15NO2. The van der Waals surface area contributed by atoms with Crippen LogP contribution < -0.4 is 0 Å². The normalized spacial score (nSPS) is 9.86. The summed E-state index contributed by atoms with van der Waals surface area (Å²) in [5.41, 5.74) is 1.61. The lowest BCUT2D eigenvalue weighted by Crippen LogP contribution is -2.08. The van der Waals surface area contributed by atoms with Crippen molar-refractivity contribution in [2.75, 3.05) is 6.61 Å². The Kier molecular flexibility index (Phi) is 4.11. The van der Waals surface area contributed by atoms with Gasteiger partial charge in [0, 0.05) is 12.4 Å². The van der Waals surface area contributed by atoms with Crippen LogP contribution in [0.3, 0.4) is 0 Å². The average Bonchev–Trinajstić information content (AvgIpc) is 2.19. The van der Waals surface area contributed by atoms with Crippen LogP contribution in [0.1, 0.15) is 36.2 Å². The number of aromatic nitrogens is 1. The molecule has 3 nitrogen and oxygen atoms in total. The zero-order chi connectivity index (χ0) is 10.4. The van der Waals surface area contributed by atoms with Gasteiger partial charge in [0.1, 0.15) is 0 Å². The summed E-state index contributed by atoms with van der Waals surface area (Å²) >= 11 is 0. The molecule has 0 amide bonds. The van der Waals surface area contributed by atoms with Crippen LogP contribution >= 0.6 is 0 Å². The number of pyridine rings is 1. The van der Waals surface area contributed by atoms with Crippen LogP contribution in [0.5, 0.6) is 0 Å². The molecule has 0 atom stereocenters. The van der Waals surface area contributed by atoms with Gasteiger partial charge in [-0.15, -0.1) is 0 Å². The second kappa shape index (κ2) is 5.37. The van der Waals surface area contributed by atoms with Gasteiger partial charge in [0.25, 0.3) is 0 Å². The van der Waals surface area contributed by atoms with Crippen LogP contribution in [-0.4, -0.2) is 17.6 Å². The van der Waals surface area contributed by atoms with Crippen LogP contribution in [-0.2, 0) is 11.2 Å². The first kappa shape index (κ1) is 10.7. The van der Waals surface area contributed by atoms with Crippen LogP contribution in [0.15, 0.2) is 18.5 Å². The van der Waals surface area contributed by atoms with Gasteiger partial charge >= 0.3 is 5.97 Å². The van der Waals surface area contributed by atoms with Crippen molar-refractivity contribution >= 4 is 5.97 Å². The summed E-state index contributed by atoms with van der Waals surface area (Å²) in [5.74, 6) is -0.274. The van der Waals surface area contributed by atoms with Gasteiger partial charge in [-0.05, 0) is 25.0 Å². The van der Waals surface area contributed by atoms with E-state index in [2.05, 4.69) is 11.9 Å². The summed E-state index contributed by atoms with van der Waals surface area (Å²) in [6, 6.07) is 1.87. The lowest BCUT2D eigenvalue weighted by molar-refractivity contribution is 0.0524. The van der Waals surface area contributed by atoms with E-state index < -0.39 is 0 Å². The molecule has 1 aromatic rings. The zero-order valence-electron chi connectivity index (χ0n) is 8.62. The third-order valence-corrected chi connectivity index (χ3v) is 1.93. The Morgan fingerprint density at radius 3 is 2.93 bits per heavy atom. The largest absolute Gasteiger partial charge is 0.462 e.